The molecule has 1 saturated heterocycles. The summed E-state index contributed by atoms with van der Waals surface area (Å²) < 4.78 is 26.5. The van der Waals surface area contributed by atoms with Gasteiger partial charge in [-0.25, -0.2) is 13.2 Å². The minimum absolute atomic E-state index is 0.0870. The van der Waals surface area contributed by atoms with E-state index in [9.17, 15) is 23.1 Å². The highest BCUT2D eigenvalue weighted by Crippen LogP contribution is 2.34. The van der Waals surface area contributed by atoms with Gasteiger partial charge in [0.25, 0.3) is 0 Å². The van der Waals surface area contributed by atoms with E-state index >= 15 is 0 Å². The molecule has 29 heavy (non-hydrogen) atoms. The second-order valence-corrected chi connectivity index (χ2v) is 9.18. The van der Waals surface area contributed by atoms with Gasteiger partial charge in [-0.1, -0.05) is 30.3 Å². The number of nitrogens with zero attached hydrogens (tertiary/aromatic N) is 2. The zero-order valence-corrected chi connectivity index (χ0v) is 17.3. The Morgan fingerprint density at radius 1 is 1.28 bits per heavy atom. The standard InChI is InChI=1S/C19H30N4O5S/c20-10-4-5-12-29(27,28)23(18(25)26)19(15-24,13-16-7-2-1-3-8-16)22-11-6-9-17(22)14-21/h1-3,7-8,15,17H,4-6,9-14,20-21H2,(H,25,26). The molecule has 1 fully saturated rings. The van der Waals surface area contributed by atoms with Crippen molar-refractivity contribution < 1.29 is 23.1 Å². The van der Waals surface area contributed by atoms with Crippen LogP contribution in [0.15, 0.2) is 30.3 Å². The van der Waals surface area contributed by atoms with E-state index in [0.29, 0.717) is 48.5 Å². The van der Waals surface area contributed by atoms with Crippen molar-refractivity contribution in [3.63, 3.8) is 0 Å². The first kappa shape index (κ1) is 23.3. The Morgan fingerprint density at radius 3 is 2.52 bits per heavy atom. The Bertz CT molecular complexity index is 789. The van der Waals surface area contributed by atoms with Crippen molar-refractivity contribution in [2.24, 2.45) is 11.5 Å². The number of hydrogen-bond donors (Lipinski definition) is 3. The number of benzene rings is 1. The lowest BCUT2D eigenvalue weighted by molar-refractivity contribution is -0.126. The molecule has 0 bridgehead atoms. The van der Waals surface area contributed by atoms with Gasteiger partial charge in [0, 0.05) is 25.6 Å². The third-order valence-corrected chi connectivity index (χ3v) is 7.14. The Labute approximate surface area is 171 Å². The second-order valence-electron chi connectivity index (χ2n) is 7.24. The Hall–Kier alpha value is -2.01. The van der Waals surface area contributed by atoms with Crippen LogP contribution in [0.1, 0.15) is 31.2 Å². The van der Waals surface area contributed by atoms with Crippen LogP contribution in [-0.2, 0) is 21.2 Å². The first-order valence-electron chi connectivity index (χ1n) is 9.75. The molecule has 0 spiro atoms. The summed E-state index contributed by atoms with van der Waals surface area (Å²) in [6.45, 7) is 0.882. The van der Waals surface area contributed by atoms with Crippen molar-refractivity contribution in [2.75, 3.05) is 25.4 Å². The van der Waals surface area contributed by atoms with Crippen LogP contribution in [0.2, 0.25) is 0 Å². The fourth-order valence-corrected chi connectivity index (χ4v) is 5.66. The molecule has 0 aliphatic carbocycles. The average Bonchev–Trinajstić information content (AvgIpc) is 3.17. The average molecular weight is 427 g/mol. The number of carbonyl (C=O) groups is 2. The van der Waals surface area contributed by atoms with Crippen LogP contribution in [0.3, 0.4) is 0 Å². The molecule has 2 rings (SSSR count). The minimum atomic E-state index is -4.29. The summed E-state index contributed by atoms with van der Waals surface area (Å²) in [6.07, 6.45) is 0.703. The molecule has 1 aromatic carbocycles. The molecular weight excluding hydrogens is 396 g/mol. The van der Waals surface area contributed by atoms with Gasteiger partial charge in [0.2, 0.25) is 10.0 Å². The largest absolute Gasteiger partial charge is 0.464 e. The Kier molecular flexibility index (Phi) is 8.14. The molecule has 162 valence electrons. The van der Waals surface area contributed by atoms with Crippen molar-refractivity contribution in [2.45, 2.75) is 43.8 Å². The normalized spacial score (nSPS) is 19.6. The molecular formula is C19H30N4O5S. The zero-order chi connectivity index (χ0) is 21.5. The second kappa shape index (κ2) is 10.1. The van der Waals surface area contributed by atoms with Crippen molar-refractivity contribution >= 4 is 22.4 Å². The lowest BCUT2D eigenvalue weighted by Crippen LogP contribution is -2.68. The van der Waals surface area contributed by atoms with E-state index in [4.69, 9.17) is 11.5 Å². The van der Waals surface area contributed by atoms with Crippen molar-refractivity contribution in [1.82, 2.24) is 9.21 Å². The van der Waals surface area contributed by atoms with Crippen LogP contribution in [0, 0.1) is 0 Å². The van der Waals surface area contributed by atoms with Gasteiger partial charge in [0.1, 0.15) is 0 Å². The highest BCUT2D eigenvalue weighted by Gasteiger charge is 2.53. The van der Waals surface area contributed by atoms with Crippen molar-refractivity contribution in [3.05, 3.63) is 35.9 Å². The van der Waals surface area contributed by atoms with Gasteiger partial charge in [-0.15, -0.1) is 0 Å². The Balaban J connectivity index is 2.58. The molecule has 2 atom stereocenters. The van der Waals surface area contributed by atoms with Crippen molar-refractivity contribution in [3.8, 4) is 0 Å². The predicted molar refractivity (Wildman–Crippen MR) is 110 cm³/mol. The third-order valence-electron chi connectivity index (χ3n) is 5.30. The number of hydrogen-bond acceptors (Lipinski definition) is 7. The summed E-state index contributed by atoms with van der Waals surface area (Å²) in [4.78, 5) is 26.4. The van der Waals surface area contributed by atoms with Gasteiger partial charge in [-0.3, -0.25) is 9.69 Å². The summed E-state index contributed by atoms with van der Waals surface area (Å²) >= 11 is 0. The SMILES string of the molecule is NCCCCS(=O)(=O)N(C(=O)O)C(C=O)(Cc1ccccc1)N1CCCC1CN. The van der Waals surface area contributed by atoms with Gasteiger partial charge in [0.05, 0.1) is 5.75 Å². The van der Waals surface area contributed by atoms with E-state index in [1.165, 1.54) is 0 Å². The minimum Gasteiger partial charge on any atom is -0.464 e. The third kappa shape index (κ3) is 5.13. The van der Waals surface area contributed by atoms with Gasteiger partial charge >= 0.3 is 6.09 Å². The molecule has 1 aromatic rings. The Morgan fingerprint density at radius 2 is 1.97 bits per heavy atom. The van der Waals surface area contributed by atoms with Gasteiger partial charge < -0.3 is 16.6 Å². The molecule has 0 aromatic heterocycles. The first-order chi connectivity index (χ1) is 13.8. The van der Waals surface area contributed by atoms with E-state index in [-0.39, 0.29) is 25.4 Å². The predicted octanol–water partition coefficient (Wildman–Crippen LogP) is 0.596. The number of likely N-dealkylation sites (tertiary alicyclic amines) is 1. The number of carboxylic acid groups (broad SMARTS) is 1. The number of unbranched alkanes of at least 4 members (excludes halogenated alkanes) is 1. The molecule has 5 N–H and O–H groups in total. The summed E-state index contributed by atoms with van der Waals surface area (Å²) in [5, 5.41) is 9.93. The first-order valence-corrected chi connectivity index (χ1v) is 11.4. The van der Waals surface area contributed by atoms with Crippen LogP contribution in [0.4, 0.5) is 4.79 Å². The topological polar surface area (TPSA) is 147 Å². The van der Waals surface area contributed by atoms with Crippen LogP contribution in [0.5, 0.6) is 0 Å². The maximum atomic E-state index is 13.1. The number of sulfonamides is 1. The molecule has 1 aliphatic heterocycles. The monoisotopic (exact) mass is 426 g/mol. The number of amides is 1. The zero-order valence-electron chi connectivity index (χ0n) is 16.4. The fraction of sp³-hybridized carbons (Fsp3) is 0.579. The fourth-order valence-electron chi connectivity index (χ4n) is 3.98. The van der Waals surface area contributed by atoms with Gasteiger partial charge in [0.15, 0.2) is 11.9 Å². The molecule has 9 nitrogen and oxygen atoms in total. The molecule has 10 heteroatoms. The quantitative estimate of drug-likeness (QED) is 0.344. The van der Waals surface area contributed by atoms with E-state index in [1.807, 2.05) is 0 Å². The lowest BCUT2D eigenvalue weighted by Gasteiger charge is -2.46. The number of nitrogens with two attached hydrogens (primary N) is 2. The van der Waals surface area contributed by atoms with E-state index in [1.54, 1.807) is 35.2 Å². The van der Waals surface area contributed by atoms with Crippen molar-refractivity contribution in [1.29, 1.82) is 0 Å². The molecule has 0 saturated carbocycles. The summed E-state index contributed by atoms with van der Waals surface area (Å²) in [5.74, 6) is -0.401. The smallest absolute Gasteiger partial charge is 0.423 e. The van der Waals surface area contributed by atoms with Crippen LogP contribution in [-0.4, -0.2) is 72.2 Å². The van der Waals surface area contributed by atoms with Gasteiger partial charge in [-0.05, 0) is 37.8 Å². The maximum absolute atomic E-state index is 13.1. The van der Waals surface area contributed by atoms with E-state index in [2.05, 4.69) is 0 Å². The molecule has 1 amide bonds. The van der Waals surface area contributed by atoms with Gasteiger partial charge in [-0.2, -0.15) is 4.31 Å². The maximum Gasteiger partial charge on any atom is 0.423 e. The summed E-state index contributed by atoms with van der Waals surface area (Å²) in [7, 11) is -4.29. The number of carbonyl (C=O) groups excluding carboxylic acids is 1. The molecule has 2 unspecified atom stereocenters. The van der Waals surface area contributed by atoms with Crippen LogP contribution in [0.25, 0.3) is 0 Å². The lowest BCUT2D eigenvalue weighted by atomic mass is 9.97. The number of rotatable bonds is 11. The van der Waals surface area contributed by atoms with Crippen LogP contribution < -0.4 is 11.5 Å². The highest BCUT2D eigenvalue weighted by atomic mass is 32.2. The molecule has 1 aliphatic rings. The molecule has 0 radical (unpaired) electrons. The highest BCUT2D eigenvalue weighted by molar-refractivity contribution is 7.89. The van der Waals surface area contributed by atoms with Crippen LogP contribution >= 0.6 is 0 Å². The summed E-state index contributed by atoms with van der Waals surface area (Å²) in [5.41, 5.74) is 10.1. The summed E-state index contributed by atoms with van der Waals surface area (Å²) in [6, 6.07) is 8.51. The number of aldehydes is 1. The van der Waals surface area contributed by atoms with E-state index < -0.39 is 27.5 Å². The van der Waals surface area contributed by atoms with E-state index in [0.717, 1.165) is 0 Å². The molecule has 1 heterocycles.